The number of rotatable bonds is 7. The molecule has 1 aromatic heterocycles. The number of amides is 2. The van der Waals surface area contributed by atoms with Crippen molar-refractivity contribution in [2.24, 2.45) is 5.92 Å². The Labute approximate surface area is 155 Å². The third-order valence-electron chi connectivity index (χ3n) is 3.37. The van der Waals surface area contributed by atoms with E-state index in [1.165, 1.54) is 11.3 Å². The van der Waals surface area contributed by atoms with Crippen LogP contribution in [0.2, 0.25) is 4.34 Å². The van der Waals surface area contributed by atoms with Crippen molar-refractivity contribution in [1.82, 2.24) is 0 Å². The lowest BCUT2D eigenvalue weighted by Gasteiger charge is -2.10. The summed E-state index contributed by atoms with van der Waals surface area (Å²) in [5.41, 5.74) is 1.18. The highest BCUT2D eigenvalue weighted by molar-refractivity contribution is 7.18. The smallest absolute Gasteiger partial charge is 0.226 e. The highest BCUT2D eigenvalue weighted by Gasteiger charge is 2.12. The van der Waals surface area contributed by atoms with Crippen LogP contribution in [0, 0.1) is 5.92 Å². The molecule has 2 N–H and O–H groups in total. The molecule has 0 aliphatic carbocycles. The van der Waals surface area contributed by atoms with Crippen molar-refractivity contribution < 1.29 is 14.4 Å². The molecule has 0 bridgehead atoms. The molecule has 7 heteroatoms. The van der Waals surface area contributed by atoms with Crippen molar-refractivity contribution in [2.75, 3.05) is 10.6 Å². The van der Waals surface area contributed by atoms with Crippen LogP contribution < -0.4 is 10.6 Å². The summed E-state index contributed by atoms with van der Waals surface area (Å²) in [5.74, 6) is -0.591. The van der Waals surface area contributed by atoms with Crippen LogP contribution in [0.15, 0.2) is 36.4 Å². The molecule has 0 spiro atoms. The molecule has 5 nitrogen and oxygen atoms in total. The topological polar surface area (TPSA) is 75.3 Å². The van der Waals surface area contributed by atoms with E-state index >= 15 is 0 Å². The van der Waals surface area contributed by atoms with Crippen LogP contribution in [0.3, 0.4) is 0 Å². The number of Topliss-reactive ketones (excluding diaryl/α,β-unsaturated/α-hetero) is 1. The fourth-order valence-electron chi connectivity index (χ4n) is 2.00. The molecule has 0 fully saturated rings. The molecule has 132 valence electrons. The summed E-state index contributed by atoms with van der Waals surface area (Å²) in [5, 5.41) is 5.51. The number of carbonyl (C=O) groups is 3. The average molecular weight is 379 g/mol. The third-order valence-corrected chi connectivity index (χ3v) is 4.64. The lowest BCUT2D eigenvalue weighted by molar-refractivity contribution is -0.119. The largest absolute Gasteiger partial charge is 0.326 e. The Hall–Kier alpha value is -2.18. The van der Waals surface area contributed by atoms with Crippen molar-refractivity contribution >= 4 is 51.9 Å². The standard InChI is InChI=1S/C18H19ClN2O3S/c1-11(2)18(24)21-13-5-3-4-12(10-13)20-17(23)9-6-14(22)15-7-8-16(19)25-15/h3-5,7-8,10-11H,6,9H2,1-2H3,(H,20,23)(H,21,24). The highest BCUT2D eigenvalue weighted by atomic mass is 35.5. The Morgan fingerprint density at radius 3 is 2.32 bits per heavy atom. The van der Waals surface area contributed by atoms with Gasteiger partial charge in [-0.2, -0.15) is 0 Å². The molecule has 2 aromatic rings. The minimum Gasteiger partial charge on any atom is -0.326 e. The quantitative estimate of drug-likeness (QED) is 0.691. The first kappa shape index (κ1) is 19.1. The maximum Gasteiger partial charge on any atom is 0.226 e. The van der Waals surface area contributed by atoms with E-state index in [9.17, 15) is 14.4 Å². The van der Waals surface area contributed by atoms with Gasteiger partial charge in [0, 0.05) is 30.1 Å². The zero-order valence-electron chi connectivity index (χ0n) is 14.0. The summed E-state index contributed by atoms with van der Waals surface area (Å²) in [6, 6.07) is 10.2. The number of halogens is 1. The van der Waals surface area contributed by atoms with Crippen LogP contribution in [0.25, 0.3) is 0 Å². The molecule has 0 aliphatic rings. The van der Waals surface area contributed by atoms with Crippen LogP contribution in [0.4, 0.5) is 11.4 Å². The Bertz CT molecular complexity index is 786. The van der Waals surface area contributed by atoms with Gasteiger partial charge < -0.3 is 10.6 Å². The average Bonchev–Trinajstić information content (AvgIpc) is 2.99. The SMILES string of the molecule is CC(C)C(=O)Nc1cccc(NC(=O)CCC(=O)c2ccc(Cl)s2)c1. The molecule has 25 heavy (non-hydrogen) atoms. The van der Waals surface area contributed by atoms with Crippen molar-refractivity contribution in [3.63, 3.8) is 0 Å². The van der Waals surface area contributed by atoms with E-state index in [4.69, 9.17) is 11.6 Å². The molecule has 0 aliphatic heterocycles. The van der Waals surface area contributed by atoms with Crippen molar-refractivity contribution in [3.05, 3.63) is 45.6 Å². The summed E-state index contributed by atoms with van der Waals surface area (Å²) >= 11 is 7.01. The number of thiophene rings is 1. The number of ketones is 1. The van der Waals surface area contributed by atoms with E-state index in [-0.39, 0.29) is 36.4 Å². The normalized spacial score (nSPS) is 10.6. The second kappa shape index (κ2) is 8.78. The number of carbonyl (C=O) groups excluding carboxylic acids is 3. The molecule has 0 atom stereocenters. The molecule has 2 amide bonds. The van der Waals surface area contributed by atoms with Crippen molar-refractivity contribution in [2.45, 2.75) is 26.7 Å². The summed E-state index contributed by atoms with van der Waals surface area (Å²) < 4.78 is 0.549. The Kier molecular flexibility index (Phi) is 6.73. The molecule has 0 unspecified atom stereocenters. The minimum absolute atomic E-state index is 0.0803. The highest BCUT2D eigenvalue weighted by Crippen LogP contribution is 2.23. The predicted molar refractivity (Wildman–Crippen MR) is 101 cm³/mol. The van der Waals surface area contributed by atoms with Crippen LogP contribution >= 0.6 is 22.9 Å². The molecule has 1 aromatic carbocycles. The Morgan fingerprint density at radius 2 is 1.72 bits per heavy atom. The molecule has 1 heterocycles. The van der Waals surface area contributed by atoms with Crippen molar-refractivity contribution in [1.29, 1.82) is 0 Å². The third kappa shape index (κ3) is 5.99. The summed E-state index contributed by atoms with van der Waals surface area (Å²) in [7, 11) is 0. The van der Waals surface area contributed by atoms with E-state index in [1.54, 1.807) is 50.2 Å². The van der Waals surface area contributed by atoms with Crippen LogP contribution in [-0.4, -0.2) is 17.6 Å². The van der Waals surface area contributed by atoms with Gasteiger partial charge in [-0.15, -0.1) is 11.3 Å². The fourth-order valence-corrected chi connectivity index (χ4v) is 3.01. The maximum atomic E-state index is 12.0. The van der Waals surface area contributed by atoms with Gasteiger partial charge in [0.2, 0.25) is 11.8 Å². The predicted octanol–water partition coefficient (Wildman–Crippen LogP) is 4.60. The molecule has 0 saturated carbocycles. The number of hydrogen-bond acceptors (Lipinski definition) is 4. The van der Waals surface area contributed by atoms with E-state index in [0.29, 0.717) is 20.6 Å². The van der Waals surface area contributed by atoms with Gasteiger partial charge in [0.1, 0.15) is 0 Å². The summed E-state index contributed by atoms with van der Waals surface area (Å²) in [6.07, 6.45) is 0.198. The number of nitrogens with one attached hydrogen (secondary N) is 2. The second-order valence-electron chi connectivity index (χ2n) is 5.80. The number of anilines is 2. The van der Waals surface area contributed by atoms with Crippen LogP contribution in [-0.2, 0) is 9.59 Å². The summed E-state index contributed by atoms with van der Waals surface area (Å²) in [4.78, 5) is 36.3. The van der Waals surface area contributed by atoms with E-state index < -0.39 is 0 Å². The number of benzene rings is 1. The van der Waals surface area contributed by atoms with Gasteiger partial charge >= 0.3 is 0 Å². The Balaban J connectivity index is 1.88. The first-order valence-corrected chi connectivity index (χ1v) is 9.04. The first-order valence-electron chi connectivity index (χ1n) is 7.84. The monoisotopic (exact) mass is 378 g/mol. The fraction of sp³-hybridized carbons (Fsp3) is 0.278. The van der Waals surface area contributed by atoms with Gasteiger partial charge in [-0.1, -0.05) is 31.5 Å². The molecule has 0 radical (unpaired) electrons. The zero-order chi connectivity index (χ0) is 18.4. The molecular formula is C18H19ClN2O3S. The lowest BCUT2D eigenvalue weighted by Crippen LogP contribution is -2.18. The minimum atomic E-state index is -0.261. The number of hydrogen-bond donors (Lipinski definition) is 2. The Morgan fingerprint density at radius 1 is 1.04 bits per heavy atom. The molecule has 2 rings (SSSR count). The summed E-state index contributed by atoms with van der Waals surface area (Å²) in [6.45, 7) is 3.61. The second-order valence-corrected chi connectivity index (χ2v) is 7.51. The van der Waals surface area contributed by atoms with Gasteiger partial charge in [0.25, 0.3) is 0 Å². The van der Waals surface area contributed by atoms with Crippen LogP contribution in [0.5, 0.6) is 0 Å². The van der Waals surface area contributed by atoms with E-state index in [2.05, 4.69) is 10.6 Å². The van der Waals surface area contributed by atoms with Gasteiger partial charge in [-0.25, -0.2) is 0 Å². The van der Waals surface area contributed by atoms with Gasteiger partial charge in [0.15, 0.2) is 5.78 Å². The van der Waals surface area contributed by atoms with Crippen molar-refractivity contribution in [3.8, 4) is 0 Å². The van der Waals surface area contributed by atoms with Gasteiger partial charge in [-0.05, 0) is 30.3 Å². The zero-order valence-corrected chi connectivity index (χ0v) is 15.5. The molecular weight excluding hydrogens is 360 g/mol. The first-order chi connectivity index (χ1) is 11.8. The van der Waals surface area contributed by atoms with Gasteiger partial charge in [-0.3, -0.25) is 14.4 Å². The lowest BCUT2D eigenvalue weighted by atomic mass is 10.1. The maximum absolute atomic E-state index is 12.0. The van der Waals surface area contributed by atoms with Crippen LogP contribution in [0.1, 0.15) is 36.4 Å². The van der Waals surface area contributed by atoms with Gasteiger partial charge in [0.05, 0.1) is 9.21 Å². The van der Waals surface area contributed by atoms with E-state index in [1.807, 2.05) is 0 Å². The van der Waals surface area contributed by atoms with E-state index in [0.717, 1.165) is 0 Å². The molecule has 0 saturated heterocycles.